The van der Waals surface area contributed by atoms with Crippen molar-refractivity contribution in [3.8, 4) is 0 Å². The molecule has 86 valence electrons. The van der Waals surface area contributed by atoms with Crippen LogP contribution in [0.15, 0.2) is 24.0 Å². The highest BCUT2D eigenvalue weighted by atomic mass is 16.1. The second kappa shape index (κ2) is 4.64. The molecule has 1 unspecified atom stereocenters. The number of nitrogens with zero attached hydrogens (tertiary/aromatic N) is 2. The smallest absolute Gasteiger partial charge is 0.166 e. The predicted molar refractivity (Wildman–Crippen MR) is 63.0 cm³/mol. The zero-order valence-corrected chi connectivity index (χ0v) is 9.94. The van der Waals surface area contributed by atoms with Crippen molar-refractivity contribution in [1.29, 1.82) is 0 Å². The lowest BCUT2D eigenvalue weighted by Gasteiger charge is -2.17. The summed E-state index contributed by atoms with van der Waals surface area (Å²) in [5.74, 6) is 1.82. The van der Waals surface area contributed by atoms with E-state index in [1.54, 1.807) is 6.20 Å². The summed E-state index contributed by atoms with van der Waals surface area (Å²) in [5.41, 5.74) is 1.00. The molecule has 3 heteroatoms. The van der Waals surface area contributed by atoms with Crippen LogP contribution in [0.1, 0.15) is 32.0 Å². The first-order valence-electron chi connectivity index (χ1n) is 5.85. The lowest BCUT2D eigenvalue weighted by Crippen LogP contribution is -2.14. The standard InChI is InChI=1S/C13H18N2O/c1-10-3-5-11(6-4-10)12(16)9-13-14-7-8-15(13)2/h5,7-8,10H,3-4,6,9H2,1-2H3. The van der Waals surface area contributed by atoms with Crippen LogP contribution in [0.5, 0.6) is 0 Å². The van der Waals surface area contributed by atoms with E-state index in [4.69, 9.17) is 0 Å². The van der Waals surface area contributed by atoms with Crippen molar-refractivity contribution < 1.29 is 4.79 Å². The summed E-state index contributed by atoms with van der Waals surface area (Å²) >= 11 is 0. The average Bonchev–Trinajstić information content (AvgIpc) is 2.65. The third kappa shape index (κ3) is 2.40. The Morgan fingerprint density at radius 1 is 1.62 bits per heavy atom. The van der Waals surface area contributed by atoms with Gasteiger partial charge in [-0.25, -0.2) is 4.98 Å². The highest BCUT2D eigenvalue weighted by molar-refractivity contribution is 5.96. The number of Topliss-reactive ketones (excluding diaryl/α,β-unsaturated/α-hetero) is 1. The van der Waals surface area contributed by atoms with Crippen molar-refractivity contribution in [2.24, 2.45) is 13.0 Å². The van der Waals surface area contributed by atoms with Gasteiger partial charge in [-0.2, -0.15) is 0 Å². The van der Waals surface area contributed by atoms with Crippen molar-refractivity contribution in [2.75, 3.05) is 0 Å². The predicted octanol–water partition coefficient (Wildman–Crippen LogP) is 2.28. The molecule has 1 aromatic rings. The molecule has 0 radical (unpaired) electrons. The number of aromatic nitrogens is 2. The number of carbonyl (C=O) groups excluding carboxylic acids is 1. The van der Waals surface area contributed by atoms with E-state index in [1.165, 1.54) is 0 Å². The maximum absolute atomic E-state index is 12.0. The number of hydrogen-bond acceptors (Lipinski definition) is 2. The van der Waals surface area contributed by atoms with E-state index in [-0.39, 0.29) is 5.78 Å². The zero-order chi connectivity index (χ0) is 11.5. The van der Waals surface area contributed by atoms with E-state index in [0.717, 1.165) is 36.6 Å². The summed E-state index contributed by atoms with van der Waals surface area (Å²) in [7, 11) is 1.92. The van der Waals surface area contributed by atoms with Gasteiger partial charge in [0.05, 0.1) is 6.42 Å². The van der Waals surface area contributed by atoms with Crippen molar-refractivity contribution in [3.05, 3.63) is 29.9 Å². The molecule has 1 heterocycles. The van der Waals surface area contributed by atoms with Gasteiger partial charge in [0.25, 0.3) is 0 Å². The van der Waals surface area contributed by atoms with Crippen LogP contribution >= 0.6 is 0 Å². The summed E-state index contributed by atoms with van der Waals surface area (Å²) in [6.45, 7) is 2.23. The molecule has 16 heavy (non-hydrogen) atoms. The molecule has 0 saturated heterocycles. The Morgan fingerprint density at radius 2 is 2.44 bits per heavy atom. The van der Waals surface area contributed by atoms with Gasteiger partial charge in [0.1, 0.15) is 5.82 Å². The number of imidazole rings is 1. The number of aryl methyl sites for hydroxylation is 1. The highest BCUT2D eigenvalue weighted by Gasteiger charge is 2.17. The Labute approximate surface area is 96.2 Å². The van der Waals surface area contributed by atoms with Gasteiger partial charge >= 0.3 is 0 Å². The maximum atomic E-state index is 12.0. The number of carbonyl (C=O) groups is 1. The minimum atomic E-state index is 0.237. The van der Waals surface area contributed by atoms with Gasteiger partial charge in [0.15, 0.2) is 5.78 Å². The number of allylic oxidation sites excluding steroid dienone is 2. The van der Waals surface area contributed by atoms with E-state index in [9.17, 15) is 4.79 Å². The second-order valence-electron chi connectivity index (χ2n) is 4.66. The quantitative estimate of drug-likeness (QED) is 0.780. The molecule has 1 aromatic heterocycles. The van der Waals surface area contributed by atoms with E-state index in [1.807, 2.05) is 17.8 Å². The zero-order valence-electron chi connectivity index (χ0n) is 9.94. The van der Waals surface area contributed by atoms with Crippen molar-refractivity contribution in [3.63, 3.8) is 0 Å². The summed E-state index contributed by atoms with van der Waals surface area (Å²) in [6.07, 6.45) is 9.27. The van der Waals surface area contributed by atoms with E-state index in [0.29, 0.717) is 6.42 Å². The first-order valence-corrected chi connectivity index (χ1v) is 5.85. The summed E-state index contributed by atoms with van der Waals surface area (Å²) in [5, 5.41) is 0. The molecule has 0 amide bonds. The first-order chi connectivity index (χ1) is 7.66. The third-order valence-corrected chi connectivity index (χ3v) is 3.27. The molecule has 3 nitrogen and oxygen atoms in total. The molecular formula is C13H18N2O. The second-order valence-corrected chi connectivity index (χ2v) is 4.66. The molecule has 2 rings (SSSR count). The highest BCUT2D eigenvalue weighted by Crippen LogP contribution is 2.23. The number of ketones is 1. The van der Waals surface area contributed by atoms with Gasteiger partial charge in [0, 0.05) is 19.4 Å². The minimum absolute atomic E-state index is 0.237. The molecule has 0 N–H and O–H groups in total. The van der Waals surface area contributed by atoms with Crippen molar-refractivity contribution in [1.82, 2.24) is 9.55 Å². The maximum Gasteiger partial charge on any atom is 0.166 e. The van der Waals surface area contributed by atoms with Crippen molar-refractivity contribution >= 4 is 5.78 Å². The first kappa shape index (κ1) is 11.1. The van der Waals surface area contributed by atoms with Gasteiger partial charge in [-0.3, -0.25) is 4.79 Å². The molecule has 0 saturated carbocycles. The van der Waals surface area contributed by atoms with Crippen LogP contribution < -0.4 is 0 Å². The fourth-order valence-corrected chi connectivity index (χ4v) is 2.04. The third-order valence-electron chi connectivity index (χ3n) is 3.27. The molecule has 1 aliphatic carbocycles. The normalized spacial score (nSPS) is 20.6. The Hall–Kier alpha value is -1.38. The number of hydrogen-bond donors (Lipinski definition) is 0. The Kier molecular flexibility index (Phi) is 3.22. The molecule has 0 spiro atoms. The molecule has 0 aliphatic heterocycles. The van der Waals surface area contributed by atoms with Gasteiger partial charge in [-0.1, -0.05) is 13.0 Å². The lowest BCUT2D eigenvalue weighted by molar-refractivity contribution is -0.115. The SMILES string of the molecule is CC1CC=C(C(=O)Cc2nccn2C)CC1. The van der Waals surface area contributed by atoms with Crippen LogP contribution in [0.2, 0.25) is 0 Å². The van der Waals surface area contributed by atoms with E-state index >= 15 is 0 Å². The Balaban J connectivity index is 2.01. The van der Waals surface area contributed by atoms with Gasteiger partial charge in [-0.15, -0.1) is 0 Å². The largest absolute Gasteiger partial charge is 0.338 e. The molecule has 0 fully saturated rings. The molecular weight excluding hydrogens is 200 g/mol. The van der Waals surface area contributed by atoms with Crippen LogP contribution in [0.25, 0.3) is 0 Å². The molecule has 0 bridgehead atoms. The summed E-state index contributed by atoms with van der Waals surface area (Å²) in [6, 6.07) is 0. The Morgan fingerprint density at radius 3 is 3.00 bits per heavy atom. The molecule has 0 aromatic carbocycles. The van der Waals surface area contributed by atoms with Gasteiger partial charge in [0.2, 0.25) is 0 Å². The van der Waals surface area contributed by atoms with E-state index in [2.05, 4.69) is 18.0 Å². The molecule has 1 atom stereocenters. The van der Waals surface area contributed by atoms with Gasteiger partial charge < -0.3 is 4.57 Å². The number of rotatable bonds is 3. The fourth-order valence-electron chi connectivity index (χ4n) is 2.04. The van der Waals surface area contributed by atoms with Gasteiger partial charge in [-0.05, 0) is 30.8 Å². The Bertz CT molecular complexity index is 417. The summed E-state index contributed by atoms with van der Waals surface area (Å²) in [4.78, 5) is 16.2. The van der Waals surface area contributed by atoms with E-state index < -0.39 is 0 Å². The fraction of sp³-hybridized carbons (Fsp3) is 0.538. The van der Waals surface area contributed by atoms with Crippen LogP contribution in [0, 0.1) is 5.92 Å². The minimum Gasteiger partial charge on any atom is -0.338 e. The average molecular weight is 218 g/mol. The summed E-state index contributed by atoms with van der Waals surface area (Å²) < 4.78 is 1.91. The van der Waals surface area contributed by atoms with Crippen LogP contribution in [0.3, 0.4) is 0 Å². The van der Waals surface area contributed by atoms with Crippen LogP contribution in [-0.4, -0.2) is 15.3 Å². The van der Waals surface area contributed by atoms with Crippen LogP contribution in [0.4, 0.5) is 0 Å². The molecule has 1 aliphatic rings. The topological polar surface area (TPSA) is 34.9 Å². The lowest BCUT2D eigenvalue weighted by atomic mass is 9.88. The van der Waals surface area contributed by atoms with Crippen molar-refractivity contribution in [2.45, 2.75) is 32.6 Å². The van der Waals surface area contributed by atoms with Crippen LogP contribution in [-0.2, 0) is 18.3 Å². The monoisotopic (exact) mass is 218 g/mol.